The van der Waals surface area contributed by atoms with E-state index in [1.807, 2.05) is 65.0 Å². The van der Waals surface area contributed by atoms with E-state index < -0.39 is 11.6 Å². The minimum absolute atomic E-state index is 0.123. The van der Waals surface area contributed by atoms with Crippen molar-refractivity contribution in [1.29, 1.82) is 0 Å². The van der Waals surface area contributed by atoms with Crippen LogP contribution in [-0.2, 0) is 11.2 Å². The lowest BCUT2D eigenvalue weighted by atomic mass is 9.99. The number of benzene rings is 1. The van der Waals surface area contributed by atoms with Crippen molar-refractivity contribution in [3.63, 3.8) is 0 Å². The van der Waals surface area contributed by atoms with Crippen molar-refractivity contribution in [2.24, 2.45) is 5.92 Å². The van der Waals surface area contributed by atoms with Crippen molar-refractivity contribution in [2.75, 3.05) is 6.54 Å². The van der Waals surface area contributed by atoms with E-state index in [9.17, 15) is 19.5 Å². The molecule has 0 aliphatic heterocycles. The zero-order valence-electron chi connectivity index (χ0n) is 23.3. The van der Waals surface area contributed by atoms with Gasteiger partial charge in [0.25, 0.3) is 0 Å². The van der Waals surface area contributed by atoms with E-state index in [-0.39, 0.29) is 29.4 Å². The molecule has 202 valence electrons. The smallest absolute Gasteiger partial charge is 0.410 e. The summed E-state index contributed by atoms with van der Waals surface area (Å²) in [5, 5.41) is 9.31. The van der Waals surface area contributed by atoms with Gasteiger partial charge in [0.05, 0.1) is 17.3 Å². The third kappa shape index (κ3) is 6.52. The molecule has 2 aromatic heterocycles. The Morgan fingerprint density at radius 2 is 1.68 bits per heavy atom. The zero-order chi connectivity index (χ0) is 28.2. The summed E-state index contributed by atoms with van der Waals surface area (Å²) in [6, 6.07) is 12.2. The fourth-order valence-corrected chi connectivity index (χ4v) is 4.45. The number of carbonyl (C=O) groups is 3. The summed E-state index contributed by atoms with van der Waals surface area (Å²) < 4.78 is 7.36. The number of aromatic carboxylic acids is 1. The largest absolute Gasteiger partial charge is 0.478 e. The summed E-state index contributed by atoms with van der Waals surface area (Å²) in [6.45, 7) is 14.1. The maximum atomic E-state index is 13.5. The van der Waals surface area contributed by atoms with Gasteiger partial charge in [0, 0.05) is 23.8 Å². The van der Waals surface area contributed by atoms with E-state index >= 15 is 0 Å². The van der Waals surface area contributed by atoms with Gasteiger partial charge in [-0.2, -0.15) is 0 Å². The van der Waals surface area contributed by atoms with Gasteiger partial charge in [-0.3, -0.25) is 4.79 Å². The molecule has 0 spiro atoms. The topological polar surface area (TPSA) is 88.3 Å². The van der Waals surface area contributed by atoms with Gasteiger partial charge in [-0.15, -0.1) is 0 Å². The number of hydrogen-bond donors (Lipinski definition) is 1. The molecule has 3 aromatic rings. The molecule has 0 radical (unpaired) electrons. The Labute approximate surface area is 224 Å². The number of fused-ring (bicyclic) bond motifs is 1. The number of amides is 1. The first-order chi connectivity index (χ1) is 17.9. The lowest BCUT2D eigenvalue weighted by Crippen LogP contribution is -2.44. The molecular weight excluding hydrogens is 480 g/mol. The number of aromatic nitrogens is 1. The van der Waals surface area contributed by atoms with Crippen molar-refractivity contribution in [1.82, 2.24) is 9.30 Å². The van der Waals surface area contributed by atoms with Gasteiger partial charge < -0.3 is 19.1 Å². The first-order valence-electron chi connectivity index (χ1n) is 13.1. The molecule has 38 heavy (non-hydrogen) atoms. The van der Waals surface area contributed by atoms with Crippen LogP contribution in [0.3, 0.4) is 0 Å². The van der Waals surface area contributed by atoms with Gasteiger partial charge in [0.1, 0.15) is 5.60 Å². The molecule has 1 amide bonds. The number of ether oxygens (including phenoxy) is 1. The van der Waals surface area contributed by atoms with Crippen LogP contribution >= 0.6 is 0 Å². The lowest BCUT2D eigenvalue weighted by molar-refractivity contribution is 0.0175. The standard InChI is InChI=1S/C31H38N2O5/c1-8-22-18-25-19-24(29(35)36)16-17-33(25)27(22)28(34)23-13-10-21(11-14-23)12-15-26(20(3)4)32(9-2)30(37)38-31(5,6)7/h10-20,26H,8-9H2,1-7H3,(H,35,36)/b15-12+/t26-/m0/s1. The van der Waals surface area contributed by atoms with Crippen LogP contribution in [0.4, 0.5) is 4.79 Å². The van der Waals surface area contributed by atoms with Crippen LogP contribution in [-0.4, -0.2) is 50.4 Å². The number of carboxylic acids is 1. The second kappa shape index (κ2) is 11.7. The predicted octanol–water partition coefficient (Wildman–Crippen LogP) is 6.73. The monoisotopic (exact) mass is 518 g/mol. The number of hydrogen-bond acceptors (Lipinski definition) is 4. The van der Waals surface area contributed by atoms with Crippen molar-refractivity contribution in [3.05, 3.63) is 82.7 Å². The van der Waals surface area contributed by atoms with Crippen LogP contribution in [0.25, 0.3) is 11.6 Å². The molecule has 0 aliphatic rings. The molecule has 0 fully saturated rings. The highest BCUT2D eigenvalue weighted by Gasteiger charge is 2.27. The number of nitrogens with zero attached hydrogens (tertiary/aromatic N) is 2. The molecule has 0 saturated carbocycles. The molecular formula is C31H38N2O5. The van der Waals surface area contributed by atoms with Gasteiger partial charge in [0.15, 0.2) is 0 Å². The normalized spacial score (nSPS) is 12.7. The second-order valence-electron chi connectivity index (χ2n) is 10.7. The highest BCUT2D eigenvalue weighted by molar-refractivity contribution is 6.10. The van der Waals surface area contributed by atoms with Crippen LogP contribution in [0.5, 0.6) is 0 Å². The van der Waals surface area contributed by atoms with Crippen molar-refractivity contribution < 1.29 is 24.2 Å². The molecule has 7 heteroatoms. The Bertz CT molecular complexity index is 1340. The van der Waals surface area contributed by atoms with Gasteiger partial charge in [0.2, 0.25) is 5.78 Å². The van der Waals surface area contributed by atoms with Gasteiger partial charge >= 0.3 is 12.1 Å². The molecule has 1 atom stereocenters. The van der Waals surface area contributed by atoms with E-state index in [2.05, 4.69) is 13.8 Å². The summed E-state index contributed by atoms with van der Waals surface area (Å²) in [7, 11) is 0. The maximum Gasteiger partial charge on any atom is 0.410 e. The first kappa shape index (κ1) is 28.7. The summed E-state index contributed by atoms with van der Waals surface area (Å²) in [5.74, 6) is -0.949. The predicted molar refractivity (Wildman–Crippen MR) is 150 cm³/mol. The lowest BCUT2D eigenvalue weighted by Gasteiger charge is -2.33. The Morgan fingerprint density at radius 1 is 1.03 bits per heavy atom. The minimum atomic E-state index is -1.00. The average molecular weight is 519 g/mol. The average Bonchev–Trinajstić information content (AvgIpc) is 3.22. The molecule has 0 saturated heterocycles. The number of aryl methyl sites for hydroxylation is 1. The number of carboxylic acid groups (broad SMARTS) is 1. The summed E-state index contributed by atoms with van der Waals surface area (Å²) >= 11 is 0. The van der Waals surface area contributed by atoms with Crippen LogP contribution in [0.1, 0.15) is 86.0 Å². The number of rotatable bonds is 9. The number of pyridine rings is 1. The molecule has 1 aromatic carbocycles. The van der Waals surface area contributed by atoms with Crippen molar-refractivity contribution in [2.45, 2.75) is 66.5 Å². The Kier molecular flexibility index (Phi) is 8.82. The minimum Gasteiger partial charge on any atom is -0.478 e. The number of likely N-dealkylation sites (N-methyl/N-ethyl adjacent to an activating group) is 1. The Hall–Kier alpha value is -3.87. The summed E-state index contributed by atoms with van der Waals surface area (Å²) in [4.78, 5) is 39.4. The van der Waals surface area contributed by atoms with Gasteiger partial charge in [-0.1, -0.05) is 57.2 Å². The highest BCUT2D eigenvalue weighted by atomic mass is 16.6. The van der Waals surface area contributed by atoms with Gasteiger partial charge in [-0.25, -0.2) is 9.59 Å². The SMILES string of the molecule is CCc1cc2cc(C(=O)O)ccn2c1C(=O)c1ccc(/C=C/[C@@H](C(C)C)N(CC)C(=O)OC(C)(C)C)cc1. The molecule has 2 heterocycles. The molecule has 1 N–H and O–H groups in total. The van der Waals surface area contributed by atoms with E-state index in [1.165, 1.54) is 6.07 Å². The molecule has 0 unspecified atom stereocenters. The van der Waals surface area contributed by atoms with E-state index in [1.54, 1.807) is 33.7 Å². The Morgan fingerprint density at radius 3 is 2.21 bits per heavy atom. The van der Waals surface area contributed by atoms with Crippen molar-refractivity contribution >= 4 is 29.4 Å². The quantitative estimate of drug-likeness (QED) is 0.318. The third-order valence-corrected chi connectivity index (χ3v) is 6.37. The maximum absolute atomic E-state index is 13.5. The zero-order valence-corrected chi connectivity index (χ0v) is 23.3. The highest BCUT2D eigenvalue weighted by Crippen LogP contribution is 2.23. The van der Waals surface area contributed by atoms with E-state index in [4.69, 9.17) is 4.74 Å². The number of carbonyl (C=O) groups excluding carboxylic acids is 2. The molecule has 0 aliphatic carbocycles. The van der Waals surface area contributed by atoms with Gasteiger partial charge in [-0.05, 0) is 69.4 Å². The molecule has 7 nitrogen and oxygen atoms in total. The van der Waals surface area contributed by atoms with Crippen LogP contribution in [0, 0.1) is 5.92 Å². The summed E-state index contributed by atoms with van der Waals surface area (Å²) in [5.41, 5.74) is 3.15. The third-order valence-electron chi connectivity index (χ3n) is 6.37. The first-order valence-corrected chi connectivity index (χ1v) is 13.1. The number of ketones is 1. The van der Waals surface area contributed by atoms with Crippen molar-refractivity contribution in [3.8, 4) is 0 Å². The summed E-state index contributed by atoms with van der Waals surface area (Å²) in [6.07, 6.45) is 5.91. The van der Waals surface area contributed by atoms with E-state index in [0.29, 0.717) is 29.7 Å². The van der Waals surface area contributed by atoms with E-state index in [0.717, 1.165) is 11.1 Å². The molecule has 0 bridgehead atoms. The fraction of sp³-hybridized carbons (Fsp3) is 0.387. The second-order valence-corrected chi connectivity index (χ2v) is 10.7. The van der Waals surface area contributed by atoms with Crippen LogP contribution in [0.15, 0.2) is 54.7 Å². The van der Waals surface area contributed by atoms with Crippen LogP contribution < -0.4 is 0 Å². The fourth-order valence-electron chi connectivity index (χ4n) is 4.45. The van der Waals surface area contributed by atoms with Crippen LogP contribution in [0.2, 0.25) is 0 Å². The Balaban J connectivity index is 1.85. The molecule has 3 rings (SSSR count).